The van der Waals surface area contributed by atoms with Crippen molar-refractivity contribution < 1.29 is 9.59 Å². The number of aryl methyl sites for hydroxylation is 1. The van der Waals surface area contributed by atoms with Gasteiger partial charge in [0.25, 0.3) is 0 Å². The number of halogens is 1. The predicted molar refractivity (Wildman–Crippen MR) is 93.9 cm³/mol. The maximum Gasteiger partial charge on any atom is 0.226 e. The minimum Gasteiger partial charge on any atom is -0.326 e. The molecule has 2 rings (SSSR count). The summed E-state index contributed by atoms with van der Waals surface area (Å²) in [5, 5.41) is 3.34. The van der Waals surface area contributed by atoms with Gasteiger partial charge < -0.3 is 10.2 Å². The second-order valence-electron chi connectivity index (χ2n) is 5.32. The van der Waals surface area contributed by atoms with Crippen LogP contribution in [0.15, 0.2) is 48.5 Å². The number of nitrogens with zero attached hydrogens (tertiary/aromatic N) is 1. The minimum absolute atomic E-state index is 0.0915. The van der Waals surface area contributed by atoms with E-state index in [4.69, 9.17) is 11.6 Å². The average Bonchev–Trinajstić information content (AvgIpc) is 2.47. The molecule has 0 aliphatic carbocycles. The molecule has 0 bridgehead atoms. The van der Waals surface area contributed by atoms with Crippen LogP contribution in [0, 0.1) is 6.92 Å². The average molecular weight is 331 g/mol. The lowest BCUT2D eigenvalue weighted by atomic mass is 10.2. The molecule has 23 heavy (non-hydrogen) atoms. The summed E-state index contributed by atoms with van der Waals surface area (Å²) in [5.41, 5.74) is 2.51. The number of carbonyl (C=O) groups excluding carboxylic acids is 2. The van der Waals surface area contributed by atoms with E-state index in [1.54, 1.807) is 29.2 Å². The van der Waals surface area contributed by atoms with E-state index >= 15 is 0 Å². The van der Waals surface area contributed by atoms with Gasteiger partial charge in [-0.25, -0.2) is 0 Å². The van der Waals surface area contributed by atoms with E-state index in [0.29, 0.717) is 17.3 Å². The van der Waals surface area contributed by atoms with Gasteiger partial charge in [0.05, 0.1) is 0 Å². The third kappa shape index (κ3) is 5.11. The van der Waals surface area contributed by atoms with Crippen LogP contribution in [0.2, 0.25) is 5.02 Å². The normalized spacial score (nSPS) is 10.2. The quantitative estimate of drug-likeness (QED) is 0.899. The van der Waals surface area contributed by atoms with E-state index < -0.39 is 0 Å². The van der Waals surface area contributed by atoms with Gasteiger partial charge in [-0.1, -0.05) is 29.8 Å². The first-order valence-electron chi connectivity index (χ1n) is 7.36. The van der Waals surface area contributed by atoms with Crippen molar-refractivity contribution in [2.24, 2.45) is 0 Å². The number of rotatable bonds is 5. The monoisotopic (exact) mass is 330 g/mol. The Labute approximate surface area is 141 Å². The van der Waals surface area contributed by atoms with Crippen molar-refractivity contribution in [1.82, 2.24) is 0 Å². The summed E-state index contributed by atoms with van der Waals surface area (Å²) in [6.45, 7) is 3.79. The third-order valence-electron chi connectivity index (χ3n) is 3.36. The molecule has 2 aromatic rings. The van der Waals surface area contributed by atoms with E-state index in [9.17, 15) is 9.59 Å². The molecule has 2 amide bonds. The zero-order chi connectivity index (χ0) is 16.8. The number of hydrogen-bond acceptors (Lipinski definition) is 2. The molecule has 0 unspecified atom stereocenters. The van der Waals surface area contributed by atoms with Gasteiger partial charge in [0, 0.05) is 36.3 Å². The molecule has 0 aromatic heterocycles. The van der Waals surface area contributed by atoms with Crippen LogP contribution in [0.4, 0.5) is 11.4 Å². The molecule has 0 spiro atoms. The molecular weight excluding hydrogens is 312 g/mol. The summed E-state index contributed by atoms with van der Waals surface area (Å²) < 4.78 is 0. The highest BCUT2D eigenvalue weighted by Crippen LogP contribution is 2.18. The summed E-state index contributed by atoms with van der Waals surface area (Å²) in [5.74, 6) is -0.252. The maximum atomic E-state index is 12.1. The van der Waals surface area contributed by atoms with Crippen molar-refractivity contribution >= 4 is 34.8 Å². The third-order valence-corrected chi connectivity index (χ3v) is 3.60. The van der Waals surface area contributed by atoms with Gasteiger partial charge in [-0.15, -0.1) is 0 Å². The van der Waals surface area contributed by atoms with Crippen LogP contribution in [0.5, 0.6) is 0 Å². The predicted octanol–water partition coefficient (Wildman–Crippen LogP) is 4.03. The first kappa shape index (κ1) is 17.0. The van der Waals surface area contributed by atoms with Crippen molar-refractivity contribution in [3.63, 3.8) is 0 Å². The number of hydrogen-bond donors (Lipinski definition) is 1. The van der Waals surface area contributed by atoms with Crippen LogP contribution in [-0.4, -0.2) is 18.4 Å². The lowest BCUT2D eigenvalue weighted by Crippen LogP contribution is -2.32. The van der Waals surface area contributed by atoms with Gasteiger partial charge in [-0.2, -0.15) is 0 Å². The molecule has 5 heteroatoms. The Balaban J connectivity index is 1.99. The van der Waals surface area contributed by atoms with Crippen LogP contribution < -0.4 is 10.2 Å². The van der Waals surface area contributed by atoms with Crippen molar-refractivity contribution in [1.29, 1.82) is 0 Å². The fraction of sp³-hybridized carbons (Fsp3) is 0.222. The van der Waals surface area contributed by atoms with E-state index in [0.717, 1.165) is 11.3 Å². The minimum atomic E-state index is -0.161. The molecule has 2 aromatic carbocycles. The van der Waals surface area contributed by atoms with Gasteiger partial charge in [0.15, 0.2) is 0 Å². The van der Waals surface area contributed by atoms with Crippen molar-refractivity contribution in [3.8, 4) is 0 Å². The Hall–Kier alpha value is -2.33. The number of amides is 2. The van der Waals surface area contributed by atoms with Crippen LogP contribution in [0.3, 0.4) is 0 Å². The first-order valence-corrected chi connectivity index (χ1v) is 7.73. The number of carbonyl (C=O) groups is 2. The Morgan fingerprint density at radius 3 is 2.52 bits per heavy atom. The summed E-state index contributed by atoms with van der Waals surface area (Å²) >= 11 is 5.89. The smallest absolute Gasteiger partial charge is 0.226 e. The molecule has 120 valence electrons. The fourth-order valence-electron chi connectivity index (χ4n) is 2.27. The molecule has 0 radical (unpaired) electrons. The zero-order valence-electron chi connectivity index (χ0n) is 13.2. The number of nitrogens with one attached hydrogen (secondary N) is 1. The summed E-state index contributed by atoms with van der Waals surface area (Å²) in [6.07, 6.45) is 0.208. The maximum absolute atomic E-state index is 12.1. The van der Waals surface area contributed by atoms with Crippen molar-refractivity contribution in [2.75, 3.05) is 16.8 Å². The van der Waals surface area contributed by atoms with E-state index in [1.165, 1.54) is 6.92 Å². The molecule has 0 aliphatic rings. The standard InChI is InChI=1S/C18H19ClN2O2/c1-13-5-3-8-17(11-13)21(14(2)22)10-9-18(23)20-16-7-4-6-15(19)12-16/h3-8,11-12H,9-10H2,1-2H3,(H,20,23). The van der Waals surface area contributed by atoms with E-state index in [2.05, 4.69) is 5.32 Å². The lowest BCUT2D eigenvalue weighted by molar-refractivity contribution is -0.117. The number of anilines is 2. The van der Waals surface area contributed by atoms with Gasteiger partial charge in [-0.05, 0) is 42.8 Å². The Morgan fingerprint density at radius 2 is 1.87 bits per heavy atom. The highest BCUT2D eigenvalue weighted by molar-refractivity contribution is 6.30. The molecule has 0 saturated carbocycles. The molecule has 0 atom stereocenters. The molecule has 0 aliphatic heterocycles. The fourth-order valence-corrected chi connectivity index (χ4v) is 2.46. The second kappa shape index (κ2) is 7.79. The zero-order valence-corrected chi connectivity index (χ0v) is 13.9. The van der Waals surface area contributed by atoms with Gasteiger partial charge >= 0.3 is 0 Å². The molecule has 0 heterocycles. The second-order valence-corrected chi connectivity index (χ2v) is 5.75. The Bertz CT molecular complexity index is 716. The molecule has 4 nitrogen and oxygen atoms in total. The Kier molecular flexibility index (Phi) is 5.77. The van der Waals surface area contributed by atoms with Crippen molar-refractivity contribution in [3.05, 3.63) is 59.1 Å². The van der Waals surface area contributed by atoms with Gasteiger partial charge in [-0.3, -0.25) is 9.59 Å². The Morgan fingerprint density at radius 1 is 1.13 bits per heavy atom. The van der Waals surface area contributed by atoms with E-state index in [1.807, 2.05) is 31.2 Å². The largest absolute Gasteiger partial charge is 0.326 e. The summed E-state index contributed by atoms with van der Waals surface area (Å²) in [4.78, 5) is 25.5. The topological polar surface area (TPSA) is 49.4 Å². The van der Waals surface area contributed by atoms with Crippen molar-refractivity contribution in [2.45, 2.75) is 20.3 Å². The molecular formula is C18H19ClN2O2. The van der Waals surface area contributed by atoms with Crippen LogP contribution in [0.25, 0.3) is 0 Å². The van der Waals surface area contributed by atoms with Gasteiger partial charge in [0.2, 0.25) is 11.8 Å². The number of benzene rings is 2. The molecule has 0 fully saturated rings. The highest BCUT2D eigenvalue weighted by Gasteiger charge is 2.13. The molecule has 0 saturated heterocycles. The van der Waals surface area contributed by atoms with Crippen LogP contribution in [-0.2, 0) is 9.59 Å². The molecule has 1 N–H and O–H groups in total. The van der Waals surface area contributed by atoms with Gasteiger partial charge in [0.1, 0.15) is 0 Å². The lowest BCUT2D eigenvalue weighted by Gasteiger charge is -2.21. The highest BCUT2D eigenvalue weighted by atomic mass is 35.5. The van der Waals surface area contributed by atoms with E-state index in [-0.39, 0.29) is 18.2 Å². The summed E-state index contributed by atoms with van der Waals surface area (Å²) in [7, 11) is 0. The van der Waals surface area contributed by atoms with Crippen LogP contribution >= 0.6 is 11.6 Å². The van der Waals surface area contributed by atoms with Crippen LogP contribution in [0.1, 0.15) is 18.9 Å². The first-order chi connectivity index (χ1) is 11.0. The SMILES string of the molecule is CC(=O)N(CCC(=O)Nc1cccc(Cl)c1)c1cccc(C)c1. The summed E-state index contributed by atoms with van der Waals surface area (Å²) in [6, 6.07) is 14.6.